The summed E-state index contributed by atoms with van der Waals surface area (Å²) in [7, 11) is 0. The molecule has 1 aromatic heterocycles. The van der Waals surface area contributed by atoms with E-state index in [1.165, 1.54) is 0 Å². The van der Waals surface area contributed by atoms with Crippen molar-refractivity contribution < 1.29 is 9.59 Å². The summed E-state index contributed by atoms with van der Waals surface area (Å²) in [5.74, 6) is 0.331. The van der Waals surface area contributed by atoms with Crippen LogP contribution in [0.4, 0.5) is 5.82 Å². The molecule has 0 aliphatic heterocycles. The predicted molar refractivity (Wildman–Crippen MR) is 142 cm³/mol. The molecule has 0 saturated carbocycles. The predicted octanol–water partition coefficient (Wildman–Crippen LogP) is 6.14. The number of nitrogens with one attached hydrogen (secondary N) is 1. The lowest BCUT2D eigenvalue weighted by molar-refractivity contribution is -0.134. The number of carbonyl (C=O) groups is 2. The van der Waals surface area contributed by atoms with Crippen LogP contribution in [0.2, 0.25) is 10.0 Å². The number of benzene rings is 2. The summed E-state index contributed by atoms with van der Waals surface area (Å²) < 4.78 is 1.64. The first-order chi connectivity index (χ1) is 16.4. The lowest BCUT2D eigenvalue weighted by atomic mass is 9.92. The smallest absolute Gasteiger partial charge is 0.245 e. The average Bonchev–Trinajstić information content (AvgIpc) is 3.19. The first kappa shape index (κ1) is 26.8. The topological polar surface area (TPSA) is 67.2 Å². The third kappa shape index (κ3) is 7.33. The zero-order valence-electron chi connectivity index (χ0n) is 20.8. The van der Waals surface area contributed by atoms with Crippen molar-refractivity contribution in [3.63, 3.8) is 0 Å². The van der Waals surface area contributed by atoms with E-state index in [0.717, 1.165) is 11.3 Å². The highest BCUT2D eigenvalue weighted by Gasteiger charge is 2.24. The SMILES string of the molecule is CC(C)CN(CC(=O)Nc1cc(C(C)(C)C)nn1-c1ccc(Cl)c(Cl)c1)C(=O)Cc1ccccc1. The Labute approximate surface area is 217 Å². The molecule has 0 unspecified atom stereocenters. The molecular weight excluding hydrogens is 483 g/mol. The molecule has 1 N–H and O–H groups in total. The van der Waals surface area contributed by atoms with E-state index in [0.29, 0.717) is 28.1 Å². The molecule has 3 aromatic rings. The standard InChI is InChI=1S/C27H32Cl2N4O2/c1-18(2)16-32(26(35)13-19-9-7-6-8-10-19)17-25(34)30-24-15-23(27(3,4)5)31-33(24)20-11-12-21(28)22(29)14-20/h6-12,14-15,18H,13,16-17H2,1-5H3,(H,30,34). The molecule has 2 aromatic carbocycles. The molecule has 0 spiro atoms. The van der Waals surface area contributed by atoms with Crippen LogP contribution >= 0.6 is 23.2 Å². The molecule has 186 valence electrons. The van der Waals surface area contributed by atoms with Crippen molar-refractivity contribution in [1.82, 2.24) is 14.7 Å². The number of rotatable bonds is 8. The van der Waals surface area contributed by atoms with E-state index in [1.807, 2.05) is 71.0 Å². The third-order valence-corrected chi connectivity index (χ3v) is 6.10. The van der Waals surface area contributed by atoms with Gasteiger partial charge >= 0.3 is 0 Å². The second-order valence-corrected chi connectivity index (χ2v) is 10.9. The van der Waals surface area contributed by atoms with Crippen molar-refractivity contribution in [2.75, 3.05) is 18.4 Å². The van der Waals surface area contributed by atoms with Gasteiger partial charge in [-0.3, -0.25) is 9.59 Å². The number of aromatic nitrogens is 2. The Balaban J connectivity index is 1.84. The summed E-state index contributed by atoms with van der Waals surface area (Å²) in [6, 6.07) is 16.6. The maximum atomic E-state index is 13.1. The normalized spacial score (nSPS) is 11.5. The van der Waals surface area contributed by atoms with E-state index in [2.05, 4.69) is 5.32 Å². The van der Waals surface area contributed by atoms with Gasteiger partial charge in [0, 0.05) is 18.0 Å². The van der Waals surface area contributed by atoms with E-state index >= 15 is 0 Å². The first-order valence-electron chi connectivity index (χ1n) is 11.6. The molecule has 0 aliphatic rings. The third-order valence-electron chi connectivity index (χ3n) is 5.36. The number of hydrogen-bond acceptors (Lipinski definition) is 3. The molecule has 0 atom stereocenters. The highest BCUT2D eigenvalue weighted by Crippen LogP contribution is 2.29. The Bertz CT molecular complexity index is 1180. The fourth-order valence-electron chi connectivity index (χ4n) is 3.58. The number of amides is 2. The van der Waals surface area contributed by atoms with Crippen LogP contribution < -0.4 is 5.32 Å². The molecule has 1 heterocycles. The number of hydrogen-bond donors (Lipinski definition) is 1. The molecule has 0 saturated heterocycles. The van der Waals surface area contributed by atoms with Crippen LogP contribution in [0.25, 0.3) is 5.69 Å². The van der Waals surface area contributed by atoms with E-state index in [4.69, 9.17) is 28.3 Å². The second-order valence-electron chi connectivity index (χ2n) is 10.1. The Kier molecular flexibility index (Phi) is 8.62. The van der Waals surface area contributed by atoms with E-state index in [9.17, 15) is 9.59 Å². The fourth-order valence-corrected chi connectivity index (χ4v) is 3.88. The van der Waals surface area contributed by atoms with Gasteiger partial charge in [0.2, 0.25) is 11.8 Å². The molecule has 0 fully saturated rings. The molecule has 0 aliphatic carbocycles. The van der Waals surface area contributed by atoms with Gasteiger partial charge in [-0.2, -0.15) is 5.10 Å². The van der Waals surface area contributed by atoms with Crippen molar-refractivity contribution in [3.8, 4) is 5.69 Å². The van der Waals surface area contributed by atoms with E-state index in [1.54, 1.807) is 27.8 Å². The van der Waals surface area contributed by atoms with Gasteiger partial charge in [-0.15, -0.1) is 0 Å². The van der Waals surface area contributed by atoms with Gasteiger partial charge in [0.15, 0.2) is 0 Å². The van der Waals surface area contributed by atoms with Crippen LogP contribution in [0, 0.1) is 5.92 Å². The van der Waals surface area contributed by atoms with Crippen molar-refractivity contribution >= 4 is 40.8 Å². The molecular formula is C27H32Cl2N4O2. The minimum atomic E-state index is -0.297. The summed E-state index contributed by atoms with van der Waals surface area (Å²) in [6.45, 7) is 10.6. The average molecular weight is 515 g/mol. The summed E-state index contributed by atoms with van der Waals surface area (Å²) in [4.78, 5) is 27.8. The van der Waals surface area contributed by atoms with Crippen LogP contribution in [0.5, 0.6) is 0 Å². The summed E-state index contributed by atoms with van der Waals surface area (Å²) in [5.41, 5.74) is 2.15. The van der Waals surface area contributed by atoms with Crippen LogP contribution in [0.1, 0.15) is 45.9 Å². The molecule has 0 radical (unpaired) electrons. The van der Waals surface area contributed by atoms with Crippen molar-refractivity contribution in [1.29, 1.82) is 0 Å². The van der Waals surface area contributed by atoms with E-state index < -0.39 is 0 Å². The minimum absolute atomic E-state index is 0.0543. The lowest BCUT2D eigenvalue weighted by Gasteiger charge is -2.24. The van der Waals surface area contributed by atoms with Gasteiger partial charge in [-0.25, -0.2) is 4.68 Å². The first-order valence-corrected chi connectivity index (χ1v) is 12.4. The number of halogens is 2. The number of nitrogens with zero attached hydrogens (tertiary/aromatic N) is 3. The number of carbonyl (C=O) groups excluding carboxylic acids is 2. The molecule has 3 rings (SSSR count). The zero-order valence-corrected chi connectivity index (χ0v) is 22.3. The van der Waals surface area contributed by atoms with Gasteiger partial charge in [0.25, 0.3) is 0 Å². The molecule has 2 amide bonds. The molecule has 0 bridgehead atoms. The van der Waals surface area contributed by atoms with Gasteiger partial charge in [0.1, 0.15) is 5.82 Å². The Morgan fingerprint density at radius 1 is 1.03 bits per heavy atom. The Hall–Kier alpha value is -2.83. The maximum absolute atomic E-state index is 13.1. The van der Waals surface area contributed by atoms with Gasteiger partial charge in [0.05, 0.1) is 34.4 Å². The maximum Gasteiger partial charge on any atom is 0.245 e. The van der Waals surface area contributed by atoms with Crippen molar-refractivity contribution in [2.24, 2.45) is 5.92 Å². The van der Waals surface area contributed by atoms with Gasteiger partial charge < -0.3 is 10.2 Å². The monoisotopic (exact) mass is 514 g/mol. The molecule has 6 nitrogen and oxygen atoms in total. The van der Waals surface area contributed by atoms with Crippen LogP contribution in [0.3, 0.4) is 0 Å². The molecule has 8 heteroatoms. The summed E-state index contributed by atoms with van der Waals surface area (Å²) in [5, 5.41) is 8.49. The van der Waals surface area contributed by atoms with Crippen molar-refractivity contribution in [3.05, 3.63) is 75.9 Å². The zero-order chi connectivity index (χ0) is 25.8. The quantitative estimate of drug-likeness (QED) is 0.392. The largest absolute Gasteiger partial charge is 0.333 e. The van der Waals surface area contributed by atoms with Crippen molar-refractivity contribution in [2.45, 2.75) is 46.5 Å². The van der Waals surface area contributed by atoms with Crippen LogP contribution in [-0.4, -0.2) is 39.6 Å². The van der Waals surface area contributed by atoms with Gasteiger partial charge in [-0.1, -0.05) is 88.2 Å². The second kappa shape index (κ2) is 11.3. The molecule has 35 heavy (non-hydrogen) atoms. The Morgan fingerprint density at radius 2 is 1.71 bits per heavy atom. The summed E-state index contributed by atoms with van der Waals surface area (Å²) >= 11 is 12.3. The van der Waals surface area contributed by atoms with E-state index in [-0.39, 0.29) is 36.1 Å². The fraction of sp³-hybridized carbons (Fsp3) is 0.370. The minimum Gasteiger partial charge on any atom is -0.333 e. The number of anilines is 1. The van der Waals surface area contributed by atoms with Gasteiger partial charge in [-0.05, 0) is 29.7 Å². The highest BCUT2D eigenvalue weighted by atomic mass is 35.5. The van der Waals surface area contributed by atoms with Crippen LogP contribution in [0.15, 0.2) is 54.6 Å². The Morgan fingerprint density at radius 3 is 2.31 bits per heavy atom. The van der Waals surface area contributed by atoms with Crippen LogP contribution in [-0.2, 0) is 21.4 Å². The highest BCUT2D eigenvalue weighted by molar-refractivity contribution is 6.42. The lowest BCUT2D eigenvalue weighted by Crippen LogP contribution is -2.41. The summed E-state index contributed by atoms with van der Waals surface area (Å²) in [6.07, 6.45) is 0.246.